The Morgan fingerprint density at radius 1 is 0.618 bits per heavy atom. The van der Waals surface area contributed by atoms with Gasteiger partial charge in [0.2, 0.25) is 0 Å². The molecule has 0 bridgehead atoms. The molecule has 0 aromatic heterocycles. The van der Waals surface area contributed by atoms with E-state index in [1.807, 2.05) is 0 Å². The molecule has 0 unspecified atom stereocenters. The van der Waals surface area contributed by atoms with Gasteiger partial charge in [0.05, 0.1) is 13.2 Å². The third kappa shape index (κ3) is 3.51. The largest absolute Gasteiger partial charge is 0.347 e. The molecule has 0 saturated carbocycles. The average molecular weight is 469 g/mol. The van der Waals surface area contributed by atoms with Gasteiger partial charge in [0.1, 0.15) is 0 Å². The lowest BCUT2D eigenvalue weighted by Gasteiger charge is -2.55. The number of ether oxygens (including phenoxy) is 2. The summed E-state index contributed by atoms with van der Waals surface area (Å²) < 4.78 is 12.5. The van der Waals surface area contributed by atoms with E-state index in [1.165, 1.54) is 38.0 Å². The van der Waals surface area contributed by atoms with Crippen molar-refractivity contribution in [2.24, 2.45) is 0 Å². The Balaban J connectivity index is 1.63. The van der Waals surface area contributed by atoms with Crippen LogP contribution in [-0.4, -0.2) is 29.3 Å². The fraction of sp³-hybridized carbons (Fsp3) is 0.355. The van der Waals surface area contributed by atoms with Gasteiger partial charge in [0, 0.05) is 12.8 Å². The molecule has 174 valence electrons. The van der Waals surface area contributed by atoms with Crippen LogP contribution in [-0.2, 0) is 9.47 Å². The molecule has 0 atom stereocenters. The SMILES string of the molecule is CC1(C)CC2(CC(C)(C)P1c1ccc3ccccc3c1-c1cccc3ccccc13)OCCO2. The lowest BCUT2D eigenvalue weighted by Crippen LogP contribution is -2.52. The van der Waals surface area contributed by atoms with Gasteiger partial charge >= 0.3 is 0 Å². The van der Waals surface area contributed by atoms with Crippen molar-refractivity contribution in [1.29, 1.82) is 0 Å². The van der Waals surface area contributed by atoms with Crippen LogP contribution in [0.3, 0.4) is 0 Å². The Hall–Kier alpha value is -2.25. The summed E-state index contributed by atoms with van der Waals surface area (Å²) in [6.45, 7) is 11.2. The lowest BCUT2D eigenvalue weighted by atomic mass is 9.91. The second-order valence-electron chi connectivity index (χ2n) is 11.1. The molecule has 0 amide bonds. The fourth-order valence-corrected chi connectivity index (χ4v) is 11.3. The standard InChI is InChI=1S/C31H33O2P/c1-29(2)20-31(32-18-19-33-31)21-30(3,4)34(29)27-17-16-23-11-6-8-14-25(23)28(27)26-15-9-12-22-10-5-7-13-24(22)26/h5-17H,18-21H2,1-4H3. The molecular weight excluding hydrogens is 435 g/mol. The minimum Gasteiger partial charge on any atom is -0.347 e. The summed E-state index contributed by atoms with van der Waals surface area (Å²) in [5.41, 5.74) is 2.75. The predicted molar refractivity (Wildman–Crippen MR) is 145 cm³/mol. The second-order valence-corrected chi connectivity index (χ2v) is 14.7. The van der Waals surface area contributed by atoms with Gasteiger partial charge in [0.15, 0.2) is 5.79 Å². The summed E-state index contributed by atoms with van der Waals surface area (Å²) >= 11 is 0. The summed E-state index contributed by atoms with van der Waals surface area (Å²) in [5, 5.41) is 6.92. The van der Waals surface area contributed by atoms with Gasteiger partial charge in [0.25, 0.3) is 0 Å². The van der Waals surface area contributed by atoms with Crippen LogP contribution < -0.4 is 5.30 Å². The number of benzene rings is 4. The monoisotopic (exact) mass is 468 g/mol. The van der Waals surface area contributed by atoms with Crippen molar-refractivity contribution in [3.63, 3.8) is 0 Å². The summed E-state index contributed by atoms with van der Waals surface area (Å²) in [5.74, 6) is -0.428. The van der Waals surface area contributed by atoms with Crippen LogP contribution in [0.15, 0.2) is 78.9 Å². The Morgan fingerprint density at radius 3 is 1.85 bits per heavy atom. The van der Waals surface area contributed by atoms with Crippen molar-refractivity contribution >= 4 is 34.8 Å². The van der Waals surface area contributed by atoms with E-state index in [4.69, 9.17) is 9.47 Å². The van der Waals surface area contributed by atoms with Gasteiger partial charge in [-0.25, -0.2) is 0 Å². The van der Waals surface area contributed by atoms with Crippen LogP contribution in [0.4, 0.5) is 0 Å². The Kier molecular flexibility index (Phi) is 5.16. The topological polar surface area (TPSA) is 18.5 Å². The minimum atomic E-state index is -0.528. The summed E-state index contributed by atoms with van der Waals surface area (Å²) in [6.07, 6.45) is 1.88. The molecule has 2 nitrogen and oxygen atoms in total. The minimum absolute atomic E-state index is 0.0726. The van der Waals surface area contributed by atoms with Crippen LogP contribution >= 0.6 is 7.92 Å². The van der Waals surface area contributed by atoms with Crippen molar-refractivity contribution < 1.29 is 9.47 Å². The maximum absolute atomic E-state index is 6.27. The Labute approximate surface area is 204 Å². The molecule has 0 aliphatic carbocycles. The van der Waals surface area contributed by atoms with Gasteiger partial charge in [-0.15, -0.1) is 0 Å². The number of rotatable bonds is 2. The molecule has 2 saturated heterocycles. The van der Waals surface area contributed by atoms with Gasteiger partial charge in [-0.05, 0) is 48.3 Å². The van der Waals surface area contributed by atoms with E-state index >= 15 is 0 Å². The molecule has 0 radical (unpaired) electrons. The molecule has 4 aromatic carbocycles. The number of hydrogen-bond acceptors (Lipinski definition) is 2. The van der Waals surface area contributed by atoms with E-state index in [9.17, 15) is 0 Å². The van der Waals surface area contributed by atoms with E-state index in [2.05, 4.69) is 107 Å². The van der Waals surface area contributed by atoms with E-state index in [0.29, 0.717) is 13.2 Å². The Bertz CT molecular complexity index is 1360. The van der Waals surface area contributed by atoms with Crippen LogP contribution in [0.5, 0.6) is 0 Å². The molecule has 4 aromatic rings. The van der Waals surface area contributed by atoms with E-state index in [1.54, 1.807) is 0 Å². The summed E-state index contributed by atoms with van der Waals surface area (Å²) in [4.78, 5) is 0. The van der Waals surface area contributed by atoms with Crippen molar-refractivity contribution in [2.45, 2.75) is 56.6 Å². The molecule has 2 heterocycles. The molecular formula is C31H33O2P. The predicted octanol–water partition coefficient (Wildman–Crippen LogP) is 7.86. The first-order valence-electron chi connectivity index (χ1n) is 12.4. The van der Waals surface area contributed by atoms with E-state index < -0.39 is 13.7 Å². The van der Waals surface area contributed by atoms with Gasteiger partial charge in [-0.3, -0.25) is 0 Å². The van der Waals surface area contributed by atoms with E-state index in [-0.39, 0.29) is 10.3 Å². The van der Waals surface area contributed by atoms with Crippen molar-refractivity contribution in [3.05, 3.63) is 78.9 Å². The maximum atomic E-state index is 6.27. The third-order valence-electron chi connectivity index (χ3n) is 7.64. The third-order valence-corrected chi connectivity index (χ3v) is 11.2. The fourth-order valence-electron chi connectivity index (χ4n) is 6.88. The highest BCUT2D eigenvalue weighted by Crippen LogP contribution is 2.69. The molecule has 2 aliphatic heterocycles. The smallest absolute Gasteiger partial charge is 0.170 e. The lowest BCUT2D eigenvalue weighted by molar-refractivity contribution is -0.178. The highest BCUT2D eigenvalue weighted by atomic mass is 31.1. The first kappa shape index (κ1) is 22.2. The van der Waals surface area contributed by atoms with Gasteiger partial charge < -0.3 is 9.47 Å². The zero-order valence-electron chi connectivity index (χ0n) is 20.6. The Morgan fingerprint density at radius 2 is 1.18 bits per heavy atom. The van der Waals surface area contributed by atoms with Crippen molar-refractivity contribution in [2.75, 3.05) is 13.2 Å². The van der Waals surface area contributed by atoms with Crippen LogP contribution in [0.25, 0.3) is 32.7 Å². The zero-order valence-corrected chi connectivity index (χ0v) is 21.5. The van der Waals surface area contributed by atoms with Gasteiger partial charge in [-0.2, -0.15) is 0 Å². The molecule has 2 aliphatic rings. The molecule has 0 N–H and O–H groups in total. The molecule has 6 rings (SSSR count). The molecule has 34 heavy (non-hydrogen) atoms. The normalized spacial score (nSPS) is 21.4. The zero-order chi connectivity index (χ0) is 23.6. The van der Waals surface area contributed by atoms with Crippen LogP contribution in [0, 0.1) is 0 Å². The second kappa shape index (κ2) is 7.89. The first-order valence-corrected chi connectivity index (χ1v) is 13.7. The van der Waals surface area contributed by atoms with Crippen molar-refractivity contribution in [3.8, 4) is 11.1 Å². The average Bonchev–Trinajstić information content (AvgIpc) is 3.23. The molecule has 1 spiro atoms. The highest BCUT2D eigenvalue weighted by Gasteiger charge is 2.57. The maximum Gasteiger partial charge on any atom is 0.170 e. The first-order chi connectivity index (χ1) is 16.3. The van der Waals surface area contributed by atoms with Crippen molar-refractivity contribution in [1.82, 2.24) is 0 Å². The molecule has 2 fully saturated rings. The van der Waals surface area contributed by atoms with E-state index in [0.717, 1.165) is 12.8 Å². The summed E-state index contributed by atoms with van der Waals surface area (Å²) in [6, 6.07) is 29.2. The quantitative estimate of drug-likeness (QED) is 0.279. The van der Waals surface area contributed by atoms with Crippen LogP contribution in [0.2, 0.25) is 0 Å². The number of fused-ring (bicyclic) bond motifs is 2. The number of hydrogen-bond donors (Lipinski definition) is 0. The molecule has 3 heteroatoms. The summed E-state index contributed by atoms with van der Waals surface area (Å²) in [7, 11) is -0.528. The highest BCUT2D eigenvalue weighted by molar-refractivity contribution is 7.69. The van der Waals surface area contributed by atoms with Gasteiger partial charge in [-0.1, -0.05) is 114 Å². The van der Waals surface area contributed by atoms with Crippen LogP contribution in [0.1, 0.15) is 40.5 Å².